The summed E-state index contributed by atoms with van der Waals surface area (Å²) in [6, 6.07) is 20.0. The van der Waals surface area contributed by atoms with Gasteiger partial charge < -0.3 is 0 Å². The van der Waals surface area contributed by atoms with Gasteiger partial charge in [0.25, 0.3) is 0 Å². The van der Waals surface area contributed by atoms with Gasteiger partial charge in [-0.2, -0.15) is 36.4 Å². The monoisotopic (exact) mass is 250 g/mol. The van der Waals surface area contributed by atoms with E-state index in [-0.39, 0.29) is 17.1 Å². The summed E-state index contributed by atoms with van der Waals surface area (Å²) in [4.78, 5) is 0. The predicted molar refractivity (Wildman–Crippen MR) is 58.5 cm³/mol. The van der Waals surface area contributed by atoms with Crippen LogP contribution in [-0.2, 0) is 17.1 Å². The average molecular weight is 250 g/mol. The predicted octanol–water partition coefficient (Wildman–Crippen LogP) is 2.58. The Morgan fingerprint density at radius 2 is 0.923 bits per heavy atom. The first-order valence-corrected chi connectivity index (χ1v) is 6.74. The standard InChI is InChI=1S/2C5H5.Al.ClH.Fe.2H/c2*1-2-4-5-3-1;;;;;/h2*1-5H;;1H;;;/q2*-1;+1;;+2;;/p-1. The SMILES string of the molecule is [AlH2][Cl].[Fe+2].c1cc[cH-]c1.c1cc[cH-]c1. The van der Waals surface area contributed by atoms with E-state index < -0.39 is 0 Å². The summed E-state index contributed by atoms with van der Waals surface area (Å²) in [5.74, 6) is 0. The van der Waals surface area contributed by atoms with Crippen molar-refractivity contribution in [3.05, 3.63) is 60.7 Å². The van der Waals surface area contributed by atoms with Crippen molar-refractivity contribution in [3.63, 3.8) is 0 Å². The summed E-state index contributed by atoms with van der Waals surface area (Å²) in [5, 5.41) is 0. The fraction of sp³-hybridized carbons (Fsp3) is 0. The molecule has 0 amide bonds. The van der Waals surface area contributed by atoms with E-state index in [1.807, 2.05) is 60.7 Å². The molecule has 0 radical (unpaired) electrons. The van der Waals surface area contributed by atoms with Crippen LogP contribution in [0.15, 0.2) is 60.7 Å². The van der Waals surface area contributed by atoms with Gasteiger partial charge in [0, 0.05) is 0 Å². The minimum absolute atomic E-state index is 0. The van der Waals surface area contributed by atoms with Gasteiger partial charge in [-0.3, -0.25) is 10.0 Å². The zero-order chi connectivity index (χ0) is 9.07. The van der Waals surface area contributed by atoms with Gasteiger partial charge in [-0.25, -0.2) is 24.3 Å². The molecule has 0 nitrogen and oxygen atoms in total. The van der Waals surface area contributed by atoms with E-state index in [0.717, 1.165) is 15.4 Å². The van der Waals surface area contributed by atoms with Crippen molar-refractivity contribution in [2.75, 3.05) is 0 Å². The number of hydrogen-bond donors (Lipinski definition) is 0. The zero-order valence-corrected chi connectivity index (χ0v) is 11.4. The van der Waals surface area contributed by atoms with E-state index in [9.17, 15) is 0 Å². The van der Waals surface area contributed by atoms with Gasteiger partial charge in [0.1, 0.15) is 0 Å². The molecule has 0 aromatic heterocycles. The van der Waals surface area contributed by atoms with Crippen LogP contribution >= 0.6 is 10.0 Å². The van der Waals surface area contributed by atoms with Crippen LogP contribution < -0.4 is 0 Å². The van der Waals surface area contributed by atoms with E-state index in [1.54, 1.807) is 0 Å². The fourth-order valence-electron chi connectivity index (χ4n) is 0.642. The normalized spacial score (nSPS) is 6.54. The van der Waals surface area contributed by atoms with Gasteiger partial charge in [-0.15, -0.1) is 0 Å². The third kappa shape index (κ3) is 12.0. The van der Waals surface area contributed by atoms with Gasteiger partial charge >= 0.3 is 32.4 Å². The Morgan fingerprint density at radius 3 is 1.00 bits per heavy atom. The van der Waals surface area contributed by atoms with Gasteiger partial charge in [0.2, 0.25) is 0 Å². The molecule has 0 spiro atoms. The van der Waals surface area contributed by atoms with Crippen LogP contribution in [0.25, 0.3) is 0 Å². The molecule has 0 atom stereocenters. The molecule has 3 heteroatoms. The maximum absolute atomic E-state index is 4.78. The molecule has 0 N–H and O–H groups in total. The van der Waals surface area contributed by atoms with Crippen LogP contribution in [0.4, 0.5) is 0 Å². The summed E-state index contributed by atoms with van der Waals surface area (Å²) in [6.45, 7) is 0. The second-order valence-electron chi connectivity index (χ2n) is 1.92. The van der Waals surface area contributed by atoms with E-state index in [1.165, 1.54) is 0 Å². The maximum Gasteiger partial charge on any atom is 2.00 e. The summed E-state index contributed by atoms with van der Waals surface area (Å²) in [6.07, 6.45) is 0. The van der Waals surface area contributed by atoms with E-state index >= 15 is 0 Å². The summed E-state index contributed by atoms with van der Waals surface area (Å²) >= 11 is 0.778. The Bertz CT molecular complexity index is 154. The van der Waals surface area contributed by atoms with Crippen molar-refractivity contribution in [1.29, 1.82) is 0 Å². The largest absolute Gasteiger partial charge is 2.00 e. The van der Waals surface area contributed by atoms with E-state index in [0.29, 0.717) is 0 Å². The van der Waals surface area contributed by atoms with Gasteiger partial charge in [0.05, 0.1) is 0 Å². The van der Waals surface area contributed by atoms with Crippen LogP contribution in [0.2, 0.25) is 0 Å². The molecule has 2 aromatic rings. The molecule has 2 aromatic carbocycles. The number of hydrogen-bond acceptors (Lipinski definition) is 0. The van der Waals surface area contributed by atoms with Crippen molar-refractivity contribution in [1.82, 2.24) is 0 Å². The molecule has 0 heterocycles. The number of rotatable bonds is 0. The molecule has 0 unspecified atom stereocenters. The molecule has 0 aliphatic heterocycles. The first-order chi connectivity index (χ1) is 6.00. The topological polar surface area (TPSA) is 0 Å². The molecule has 70 valence electrons. The Hall–Kier alpha value is 0.0419. The molecular weight excluding hydrogens is 238 g/mol. The third-order valence-corrected chi connectivity index (χ3v) is 1.11. The Kier molecular flexibility index (Phi) is 17.4. The summed E-state index contributed by atoms with van der Waals surface area (Å²) < 4.78 is 0. The van der Waals surface area contributed by atoms with Crippen LogP contribution in [0.5, 0.6) is 0 Å². The van der Waals surface area contributed by atoms with Crippen molar-refractivity contribution >= 4 is 25.4 Å². The van der Waals surface area contributed by atoms with E-state index in [2.05, 4.69) is 0 Å². The Labute approximate surface area is 103 Å². The first-order valence-electron chi connectivity index (χ1n) is 3.71. The third-order valence-electron chi connectivity index (χ3n) is 1.11. The average Bonchev–Trinajstić information content (AvgIpc) is 2.87. The minimum Gasteiger partial charge on any atom is -0.273 e. The molecule has 0 aliphatic rings. The molecule has 0 saturated carbocycles. The molecular formula is C10H12AlClFe. The van der Waals surface area contributed by atoms with Gasteiger partial charge in [0.15, 0.2) is 0 Å². The van der Waals surface area contributed by atoms with Crippen LogP contribution in [0, 0.1) is 0 Å². The maximum atomic E-state index is 4.78. The summed E-state index contributed by atoms with van der Waals surface area (Å²) in [7, 11) is 4.78. The quantitative estimate of drug-likeness (QED) is 0.498. The van der Waals surface area contributed by atoms with Crippen LogP contribution in [0.1, 0.15) is 0 Å². The van der Waals surface area contributed by atoms with Crippen molar-refractivity contribution in [3.8, 4) is 0 Å². The molecule has 0 saturated heterocycles. The molecule has 2 rings (SSSR count). The second-order valence-corrected chi connectivity index (χ2v) is 1.92. The van der Waals surface area contributed by atoms with Crippen molar-refractivity contribution in [2.24, 2.45) is 0 Å². The smallest absolute Gasteiger partial charge is 0.273 e. The van der Waals surface area contributed by atoms with Crippen molar-refractivity contribution < 1.29 is 17.1 Å². The van der Waals surface area contributed by atoms with Crippen LogP contribution in [-0.4, -0.2) is 15.4 Å². The Morgan fingerprint density at radius 1 is 0.692 bits per heavy atom. The fourth-order valence-corrected chi connectivity index (χ4v) is 0.642. The minimum atomic E-state index is 0. The molecule has 0 aliphatic carbocycles. The zero-order valence-electron chi connectivity index (χ0n) is 7.51. The van der Waals surface area contributed by atoms with E-state index in [4.69, 9.17) is 10.0 Å². The molecule has 0 bridgehead atoms. The number of halogens is 1. The van der Waals surface area contributed by atoms with Crippen molar-refractivity contribution in [2.45, 2.75) is 0 Å². The van der Waals surface area contributed by atoms with Gasteiger partial charge in [-0.1, -0.05) is 0 Å². The Balaban J connectivity index is 0. The first kappa shape index (κ1) is 15.5. The molecule has 0 fully saturated rings. The van der Waals surface area contributed by atoms with Gasteiger partial charge in [-0.05, 0) is 0 Å². The second kappa shape index (κ2) is 14.6. The molecule has 13 heavy (non-hydrogen) atoms. The van der Waals surface area contributed by atoms with Crippen LogP contribution in [0.3, 0.4) is 0 Å². The summed E-state index contributed by atoms with van der Waals surface area (Å²) in [5.41, 5.74) is 0.